The Kier molecular flexibility index (Phi) is 6.71. The Morgan fingerprint density at radius 3 is 2.24 bits per heavy atom. The first-order valence-corrected chi connectivity index (χ1v) is 8.29. The summed E-state index contributed by atoms with van der Waals surface area (Å²) < 4.78 is 0. The molecule has 2 aromatic carbocycles. The molecule has 2 aromatic rings. The number of ketones is 1. The van der Waals surface area contributed by atoms with E-state index >= 15 is 0 Å². The average molecular weight is 341 g/mol. The summed E-state index contributed by atoms with van der Waals surface area (Å²) in [7, 11) is 1.93. The fourth-order valence-corrected chi connectivity index (χ4v) is 2.58. The normalized spacial score (nSPS) is 11.8. The van der Waals surface area contributed by atoms with Crippen LogP contribution < -0.4 is 4.90 Å². The SMILES string of the molecule is CN(CCCCC(=O)O)c1ccc(C(=O)C(O)c2ccccc2)cc1. The first-order chi connectivity index (χ1) is 12.0. The number of carbonyl (C=O) groups excluding carboxylic acids is 1. The highest BCUT2D eigenvalue weighted by molar-refractivity contribution is 6.00. The van der Waals surface area contributed by atoms with Crippen molar-refractivity contribution in [2.45, 2.75) is 25.4 Å². The van der Waals surface area contributed by atoms with E-state index < -0.39 is 12.1 Å². The van der Waals surface area contributed by atoms with Gasteiger partial charge >= 0.3 is 5.97 Å². The number of rotatable bonds is 9. The van der Waals surface area contributed by atoms with Crippen molar-refractivity contribution < 1.29 is 19.8 Å². The summed E-state index contributed by atoms with van der Waals surface area (Å²) in [4.78, 5) is 24.9. The van der Waals surface area contributed by atoms with Gasteiger partial charge in [0.05, 0.1) is 0 Å². The third kappa shape index (κ3) is 5.43. The number of nitrogens with zero attached hydrogens (tertiary/aromatic N) is 1. The Labute approximate surface area is 147 Å². The molecule has 5 nitrogen and oxygen atoms in total. The van der Waals surface area contributed by atoms with Crippen LogP contribution in [0.5, 0.6) is 0 Å². The molecule has 0 saturated carbocycles. The molecule has 1 unspecified atom stereocenters. The van der Waals surface area contributed by atoms with Gasteiger partial charge in [0.1, 0.15) is 6.10 Å². The van der Waals surface area contributed by atoms with E-state index in [4.69, 9.17) is 5.11 Å². The molecule has 0 heterocycles. The Morgan fingerprint density at radius 2 is 1.64 bits per heavy atom. The van der Waals surface area contributed by atoms with E-state index in [9.17, 15) is 14.7 Å². The van der Waals surface area contributed by atoms with Crippen molar-refractivity contribution in [2.24, 2.45) is 0 Å². The number of Topliss-reactive ketones (excluding diaryl/α,β-unsaturated/α-hetero) is 1. The molecule has 132 valence electrons. The van der Waals surface area contributed by atoms with E-state index in [1.54, 1.807) is 36.4 Å². The molecule has 25 heavy (non-hydrogen) atoms. The summed E-state index contributed by atoms with van der Waals surface area (Å²) in [6.45, 7) is 0.743. The minimum absolute atomic E-state index is 0.179. The summed E-state index contributed by atoms with van der Waals surface area (Å²) in [5.41, 5.74) is 1.98. The van der Waals surface area contributed by atoms with Crippen molar-refractivity contribution >= 4 is 17.4 Å². The van der Waals surface area contributed by atoms with Crippen molar-refractivity contribution in [3.63, 3.8) is 0 Å². The number of unbranched alkanes of at least 4 members (excludes halogenated alkanes) is 1. The number of aliphatic hydroxyl groups excluding tert-OH is 1. The van der Waals surface area contributed by atoms with Crippen LogP contribution in [0.25, 0.3) is 0 Å². The van der Waals surface area contributed by atoms with Gasteiger partial charge in [-0.25, -0.2) is 0 Å². The van der Waals surface area contributed by atoms with E-state index in [2.05, 4.69) is 0 Å². The van der Waals surface area contributed by atoms with Gasteiger partial charge < -0.3 is 15.1 Å². The van der Waals surface area contributed by atoms with Crippen LogP contribution in [0.3, 0.4) is 0 Å². The van der Waals surface area contributed by atoms with Gasteiger partial charge in [0, 0.05) is 31.3 Å². The number of carboxylic acids is 1. The van der Waals surface area contributed by atoms with E-state index in [0.29, 0.717) is 17.5 Å². The topological polar surface area (TPSA) is 77.8 Å². The van der Waals surface area contributed by atoms with Gasteiger partial charge in [0.2, 0.25) is 0 Å². The van der Waals surface area contributed by atoms with E-state index in [1.165, 1.54) is 0 Å². The molecule has 0 saturated heterocycles. The summed E-state index contributed by atoms with van der Waals surface area (Å²) >= 11 is 0. The maximum Gasteiger partial charge on any atom is 0.303 e. The quantitative estimate of drug-likeness (QED) is 0.540. The predicted octanol–water partition coefficient (Wildman–Crippen LogP) is 3.29. The number of aliphatic carboxylic acids is 1. The molecular weight excluding hydrogens is 318 g/mol. The van der Waals surface area contributed by atoms with Crippen LogP contribution in [0.1, 0.15) is 41.3 Å². The summed E-state index contributed by atoms with van der Waals surface area (Å²) in [5, 5.41) is 18.8. The van der Waals surface area contributed by atoms with Crippen molar-refractivity contribution in [1.29, 1.82) is 0 Å². The average Bonchev–Trinajstić information content (AvgIpc) is 2.64. The summed E-state index contributed by atoms with van der Waals surface area (Å²) in [6, 6.07) is 15.9. The zero-order chi connectivity index (χ0) is 18.2. The van der Waals surface area contributed by atoms with Crippen LogP contribution in [0.4, 0.5) is 5.69 Å². The maximum absolute atomic E-state index is 12.4. The summed E-state index contributed by atoms with van der Waals surface area (Å²) in [5.74, 6) is -1.11. The molecule has 2 N–H and O–H groups in total. The highest BCUT2D eigenvalue weighted by Crippen LogP contribution is 2.21. The number of aliphatic hydroxyl groups is 1. The van der Waals surface area contributed by atoms with Gasteiger partial charge in [-0.15, -0.1) is 0 Å². The Morgan fingerprint density at radius 1 is 1.00 bits per heavy atom. The third-order valence-electron chi connectivity index (χ3n) is 4.09. The first-order valence-electron chi connectivity index (χ1n) is 8.29. The number of hydrogen-bond acceptors (Lipinski definition) is 4. The largest absolute Gasteiger partial charge is 0.481 e. The van der Waals surface area contributed by atoms with Gasteiger partial charge in [-0.2, -0.15) is 0 Å². The Balaban J connectivity index is 1.94. The van der Waals surface area contributed by atoms with Crippen LogP contribution >= 0.6 is 0 Å². The number of carbonyl (C=O) groups is 2. The number of benzene rings is 2. The molecule has 0 fully saturated rings. The van der Waals surface area contributed by atoms with Crippen molar-refractivity contribution in [3.8, 4) is 0 Å². The van der Waals surface area contributed by atoms with Gasteiger partial charge in [0.25, 0.3) is 0 Å². The standard InChI is InChI=1S/C20H23NO4/c1-21(14-6-5-9-18(22)23)17-12-10-16(11-13-17)20(25)19(24)15-7-3-2-4-8-15/h2-4,7-8,10-13,19,24H,5-6,9,14H2,1H3,(H,22,23). The molecule has 2 rings (SSSR count). The second kappa shape index (κ2) is 8.99. The maximum atomic E-state index is 12.4. The lowest BCUT2D eigenvalue weighted by atomic mass is 10.00. The van der Waals surface area contributed by atoms with Crippen LogP contribution in [0.2, 0.25) is 0 Å². The van der Waals surface area contributed by atoms with E-state index in [1.807, 2.05) is 30.1 Å². The fraction of sp³-hybridized carbons (Fsp3) is 0.300. The zero-order valence-electron chi connectivity index (χ0n) is 14.3. The lowest BCUT2D eigenvalue weighted by molar-refractivity contribution is -0.137. The van der Waals surface area contributed by atoms with E-state index in [-0.39, 0.29) is 12.2 Å². The second-order valence-electron chi connectivity index (χ2n) is 6.00. The van der Waals surface area contributed by atoms with Crippen LogP contribution in [-0.4, -0.2) is 35.6 Å². The molecule has 1 atom stereocenters. The minimum atomic E-state index is -1.17. The molecule has 0 aliphatic carbocycles. The van der Waals surface area contributed by atoms with Crippen molar-refractivity contribution in [2.75, 3.05) is 18.5 Å². The highest BCUT2D eigenvalue weighted by Gasteiger charge is 2.18. The van der Waals surface area contributed by atoms with Crippen molar-refractivity contribution in [3.05, 3.63) is 65.7 Å². The molecule has 0 amide bonds. The lowest BCUT2D eigenvalue weighted by Crippen LogP contribution is -2.19. The van der Waals surface area contributed by atoms with Gasteiger partial charge in [-0.3, -0.25) is 9.59 Å². The zero-order valence-corrected chi connectivity index (χ0v) is 14.3. The molecule has 0 radical (unpaired) electrons. The molecule has 0 aromatic heterocycles. The Hall–Kier alpha value is -2.66. The van der Waals surface area contributed by atoms with Crippen molar-refractivity contribution in [1.82, 2.24) is 0 Å². The molecular formula is C20H23NO4. The Bertz CT molecular complexity index is 697. The van der Waals surface area contributed by atoms with Crippen LogP contribution in [-0.2, 0) is 4.79 Å². The molecule has 0 spiro atoms. The molecule has 5 heteroatoms. The molecule has 0 bridgehead atoms. The third-order valence-corrected chi connectivity index (χ3v) is 4.09. The number of carboxylic acid groups (broad SMARTS) is 1. The number of hydrogen-bond donors (Lipinski definition) is 2. The lowest BCUT2D eigenvalue weighted by Gasteiger charge is -2.19. The fourth-order valence-electron chi connectivity index (χ4n) is 2.58. The minimum Gasteiger partial charge on any atom is -0.481 e. The van der Waals surface area contributed by atoms with Gasteiger partial charge in [-0.05, 0) is 42.7 Å². The molecule has 0 aliphatic rings. The number of anilines is 1. The first kappa shape index (κ1) is 18.7. The van der Waals surface area contributed by atoms with Gasteiger partial charge in [0.15, 0.2) is 5.78 Å². The highest BCUT2D eigenvalue weighted by atomic mass is 16.4. The van der Waals surface area contributed by atoms with Gasteiger partial charge in [-0.1, -0.05) is 30.3 Å². The molecule has 0 aliphatic heterocycles. The second-order valence-corrected chi connectivity index (χ2v) is 6.00. The van der Waals surface area contributed by atoms with Crippen LogP contribution in [0, 0.1) is 0 Å². The van der Waals surface area contributed by atoms with E-state index in [0.717, 1.165) is 18.7 Å². The predicted molar refractivity (Wildman–Crippen MR) is 96.9 cm³/mol. The smallest absolute Gasteiger partial charge is 0.303 e. The monoisotopic (exact) mass is 341 g/mol. The summed E-state index contributed by atoms with van der Waals surface area (Å²) in [6.07, 6.45) is 0.440. The van der Waals surface area contributed by atoms with Crippen LogP contribution in [0.15, 0.2) is 54.6 Å².